The highest BCUT2D eigenvalue weighted by atomic mass is 32.1. The molecule has 0 aliphatic heterocycles. The number of benzene rings is 2. The molecular formula is C21H20N2O2S. The van der Waals surface area contributed by atoms with Gasteiger partial charge in [0.15, 0.2) is 5.69 Å². The molecule has 2 aromatic heterocycles. The summed E-state index contributed by atoms with van der Waals surface area (Å²) in [5.41, 5.74) is 3.84. The second kappa shape index (κ2) is 6.57. The van der Waals surface area contributed by atoms with Crippen molar-refractivity contribution in [1.29, 1.82) is 0 Å². The first-order chi connectivity index (χ1) is 12.6. The third-order valence-electron chi connectivity index (χ3n) is 4.46. The van der Waals surface area contributed by atoms with E-state index in [-0.39, 0.29) is 5.97 Å². The van der Waals surface area contributed by atoms with Crippen LogP contribution in [0.3, 0.4) is 0 Å². The van der Waals surface area contributed by atoms with E-state index in [9.17, 15) is 4.79 Å². The maximum absolute atomic E-state index is 11.9. The molecule has 26 heavy (non-hydrogen) atoms. The van der Waals surface area contributed by atoms with Gasteiger partial charge in [-0.15, -0.1) is 11.3 Å². The van der Waals surface area contributed by atoms with Crippen LogP contribution < -0.4 is 0 Å². The first-order valence-corrected chi connectivity index (χ1v) is 9.63. The van der Waals surface area contributed by atoms with E-state index in [0.717, 1.165) is 10.6 Å². The van der Waals surface area contributed by atoms with Gasteiger partial charge in [0, 0.05) is 38.8 Å². The van der Waals surface area contributed by atoms with Crippen LogP contribution in [0, 0.1) is 0 Å². The Labute approximate surface area is 156 Å². The van der Waals surface area contributed by atoms with E-state index in [1.165, 1.54) is 33.1 Å². The van der Waals surface area contributed by atoms with E-state index in [0.29, 0.717) is 18.3 Å². The van der Waals surface area contributed by atoms with E-state index in [4.69, 9.17) is 4.74 Å². The van der Waals surface area contributed by atoms with Crippen molar-refractivity contribution in [3.05, 3.63) is 53.5 Å². The largest absolute Gasteiger partial charge is 0.461 e. The molecule has 0 aliphatic rings. The number of carbonyl (C=O) groups excluding carboxylic acids is 1. The lowest BCUT2D eigenvalue weighted by Crippen LogP contribution is -2.04. The lowest BCUT2D eigenvalue weighted by molar-refractivity contribution is 0.0520. The third kappa shape index (κ3) is 2.69. The number of rotatable bonds is 4. The van der Waals surface area contributed by atoms with Gasteiger partial charge in [0.2, 0.25) is 0 Å². The monoisotopic (exact) mass is 364 g/mol. The molecule has 0 unspecified atom stereocenters. The van der Waals surface area contributed by atoms with Gasteiger partial charge < -0.3 is 9.30 Å². The van der Waals surface area contributed by atoms with E-state index < -0.39 is 0 Å². The Bertz CT molecular complexity index is 1110. The number of nitrogens with zero attached hydrogens (tertiary/aromatic N) is 2. The van der Waals surface area contributed by atoms with Gasteiger partial charge in [-0.05, 0) is 45.0 Å². The SMILES string of the molecule is CCOC(=O)c1csc(-c2ccc3c(c2)c2ccccc2n3C(C)C)n1. The van der Waals surface area contributed by atoms with Crippen molar-refractivity contribution in [2.45, 2.75) is 26.8 Å². The van der Waals surface area contributed by atoms with Gasteiger partial charge >= 0.3 is 5.97 Å². The van der Waals surface area contributed by atoms with Gasteiger partial charge in [-0.25, -0.2) is 9.78 Å². The van der Waals surface area contributed by atoms with Crippen LogP contribution in [0.5, 0.6) is 0 Å². The summed E-state index contributed by atoms with van der Waals surface area (Å²) in [6.07, 6.45) is 0. The first kappa shape index (κ1) is 16.8. The minimum atomic E-state index is -0.368. The molecule has 0 saturated carbocycles. The van der Waals surface area contributed by atoms with Gasteiger partial charge in [-0.2, -0.15) is 0 Å². The fraction of sp³-hybridized carbons (Fsp3) is 0.238. The van der Waals surface area contributed by atoms with Crippen molar-refractivity contribution in [3.63, 3.8) is 0 Å². The van der Waals surface area contributed by atoms with Gasteiger partial charge in [0.25, 0.3) is 0 Å². The standard InChI is InChI=1S/C21H20N2O2S/c1-4-25-21(24)17-12-26-20(22-17)14-9-10-19-16(11-14)15-7-5-6-8-18(15)23(19)13(2)3/h5-13H,4H2,1-3H3. The molecule has 0 N–H and O–H groups in total. The molecule has 0 spiro atoms. The summed E-state index contributed by atoms with van der Waals surface area (Å²) < 4.78 is 7.40. The number of hydrogen-bond donors (Lipinski definition) is 0. The van der Waals surface area contributed by atoms with Crippen LogP contribution in [-0.4, -0.2) is 22.1 Å². The summed E-state index contributed by atoms with van der Waals surface area (Å²) in [4.78, 5) is 16.3. The van der Waals surface area contributed by atoms with Gasteiger partial charge in [-0.3, -0.25) is 0 Å². The number of ether oxygens (including phenoxy) is 1. The van der Waals surface area contributed by atoms with Crippen molar-refractivity contribution < 1.29 is 9.53 Å². The summed E-state index contributed by atoms with van der Waals surface area (Å²) in [6.45, 7) is 6.55. The van der Waals surface area contributed by atoms with E-state index >= 15 is 0 Å². The van der Waals surface area contributed by atoms with Crippen LogP contribution in [0.1, 0.15) is 37.3 Å². The zero-order valence-electron chi connectivity index (χ0n) is 15.0. The summed E-state index contributed by atoms with van der Waals surface area (Å²) in [5.74, 6) is -0.368. The Morgan fingerprint density at radius 2 is 1.92 bits per heavy atom. The van der Waals surface area contributed by atoms with Crippen LogP contribution in [0.4, 0.5) is 0 Å². The first-order valence-electron chi connectivity index (χ1n) is 8.76. The smallest absolute Gasteiger partial charge is 0.357 e. The van der Waals surface area contributed by atoms with Crippen LogP contribution in [0.25, 0.3) is 32.4 Å². The Morgan fingerprint density at radius 1 is 1.15 bits per heavy atom. The maximum Gasteiger partial charge on any atom is 0.357 e. The highest BCUT2D eigenvalue weighted by Gasteiger charge is 2.16. The Kier molecular flexibility index (Phi) is 4.24. The number of para-hydroxylation sites is 1. The normalized spacial score (nSPS) is 11.5. The predicted octanol–water partition coefficient (Wildman–Crippen LogP) is 5.68. The number of fused-ring (bicyclic) bond motifs is 3. The fourth-order valence-corrected chi connectivity index (χ4v) is 4.18. The molecule has 0 saturated heterocycles. The molecular weight excluding hydrogens is 344 g/mol. The number of hydrogen-bond acceptors (Lipinski definition) is 4. The van der Waals surface area contributed by atoms with Crippen LogP contribution >= 0.6 is 11.3 Å². The second-order valence-electron chi connectivity index (χ2n) is 6.47. The van der Waals surface area contributed by atoms with Crippen molar-refractivity contribution in [2.75, 3.05) is 6.61 Å². The summed E-state index contributed by atoms with van der Waals surface area (Å²) in [6, 6.07) is 15.2. The molecule has 4 rings (SSSR count). The van der Waals surface area contributed by atoms with E-state index in [1.807, 2.05) is 0 Å². The quantitative estimate of drug-likeness (QED) is 0.438. The molecule has 0 atom stereocenters. The van der Waals surface area contributed by atoms with Gasteiger partial charge in [-0.1, -0.05) is 18.2 Å². The third-order valence-corrected chi connectivity index (χ3v) is 5.35. The molecule has 0 amide bonds. The van der Waals surface area contributed by atoms with Crippen molar-refractivity contribution >= 4 is 39.1 Å². The minimum Gasteiger partial charge on any atom is -0.461 e. The molecule has 0 aliphatic carbocycles. The average molecular weight is 364 g/mol. The minimum absolute atomic E-state index is 0.354. The zero-order chi connectivity index (χ0) is 18.3. The van der Waals surface area contributed by atoms with Gasteiger partial charge in [0.05, 0.1) is 6.61 Å². The highest BCUT2D eigenvalue weighted by Crippen LogP contribution is 2.35. The second-order valence-corrected chi connectivity index (χ2v) is 7.33. The molecule has 0 bridgehead atoms. The lowest BCUT2D eigenvalue weighted by atomic mass is 10.1. The fourth-order valence-electron chi connectivity index (χ4n) is 3.40. The molecule has 0 radical (unpaired) electrons. The number of esters is 1. The molecule has 0 fully saturated rings. The topological polar surface area (TPSA) is 44.1 Å². The summed E-state index contributed by atoms with van der Waals surface area (Å²) in [7, 11) is 0. The molecule has 2 heterocycles. The number of aromatic nitrogens is 2. The number of thiazole rings is 1. The van der Waals surface area contributed by atoms with Gasteiger partial charge in [0.1, 0.15) is 5.01 Å². The lowest BCUT2D eigenvalue weighted by Gasteiger charge is -2.11. The van der Waals surface area contributed by atoms with Crippen molar-refractivity contribution in [2.24, 2.45) is 0 Å². The summed E-state index contributed by atoms with van der Waals surface area (Å²) in [5, 5.41) is 5.03. The molecule has 2 aromatic carbocycles. The highest BCUT2D eigenvalue weighted by molar-refractivity contribution is 7.13. The molecule has 4 aromatic rings. The summed E-state index contributed by atoms with van der Waals surface area (Å²) >= 11 is 1.47. The average Bonchev–Trinajstić information content (AvgIpc) is 3.24. The van der Waals surface area contributed by atoms with Crippen LogP contribution in [0.2, 0.25) is 0 Å². The predicted molar refractivity (Wildman–Crippen MR) is 107 cm³/mol. The molecule has 132 valence electrons. The zero-order valence-corrected chi connectivity index (χ0v) is 15.8. The number of carbonyl (C=O) groups is 1. The van der Waals surface area contributed by atoms with Crippen LogP contribution in [-0.2, 0) is 4.74 Å². The van der Waals surface area contributed by atoms with E-state index in [2.05, 4.69) is 65.9 Å². The van der Waals surface area contributed by atoms with E-state index in [1.54, 1.807) is 12.3 Å². The van der Waals surface area contributed by atoms with Crippen molar-refractivity contribution in [3.8, 4) is 10.6 Å². The van der Waals surface area contributed by atoms with Crippen LogP contribution in [0.15, 0.2) is 47.8 Å². The Morgan fingerprint density at radius 3 is 2.69 bits per heavy atom. The molecule has 5 heteroatoms. The maximum atomic E-state index is 11.9. The molecule has 4 nitrogen and oxygen atoms in total. The Hall–Kier alpha value is -2.66. The van der Waals surface area contributed by atoms with Crippen molar-refractivity contribution in [1.82, 2.24) is 9.55 Å². The Balaban J connectivity index is 1.86.